The number of esters is 1. The number of aryl methyl sites for hydroxylation is 2. The molecular weight excluding hydrogens is 548 g/mol. The molecule has 4 aliphatic rings. The van der Waals surface area contributed by atoms with Crippen LogP contribution >= 0.6 is 0 Å². The van der Waals surface area contributed by atoms with Gasteiger partial charge >= 0.3 is 5.97 Å². The van der Waals surface area contributed by atoms with Crippen LogP contribution in [0.25, 0.3) is 0 Å². The fourth-order valence-corrected chi connectivity index (χ4v) is 8.62. The average molecular weight is 589 g/mol. The first-order valence-electron chi connectivity index (χ1n) is 15.9. The molecule has 2 aliphatic heterocycles. The van der Waals surface area contributed by atoms with Gasteiger partial charge in [0, 0.05) is 54.6 Å². The van der Waals surface area contributed by atoms with Crippen LogP contribution in [0.5, 0.6) is 11.5 Å². The van der Waals surface area contributed by atoms with E-state index in [-0.39, 0.29) is 29.4 Å². The number of hydrogen-bond donors (Lipinski definition) is 0. The van der Waals surface area contributed by atoms with E-state index in [0.29, 0.717) is 17.7 Å². The van der Waals surface area contributed by atoms with Gasteiger partial charge in [0.05, 0.1) is 6.04 Å². The molecule has 7 rings (SSSR count). The Balaban J connectivity index is 1.21. The van der Waals surface area contributed by atoms with Gasteiger partial charge in [-0.3, -0.25) is 14.5 Å². The first kappa shape index (κ1) is 28.7. The molecule has 5 atom stereocenters. The molecule has 2 fully saturated rings. The fourth-order valence-electron chi connectivity index (χ4n) is 8.62. The van der Waals surface area contributed by atoms with Crippen LogP contribution in [-0.2, 0) is 27.8 Å². The number of carbonyl (C=O) groups is 2. The molecule has 6 heteroatoms. The van der Waals surface area contributed by atoms with Crippen LogP contribution in [0, 0.1) is 31.6 Å². The van der Waals surface area contributed by atoms with E-state index in [0.717, 1.165) is 67.6 Å². The number of likely N-dealkylation sites (tertiary alicyclic amines) is 1. The Bertz CT molecular complexity index is 1690. The Hall–Kier alpha value is -4.08. The molecule has 1 spiro atoms. The van der Waals surface area contributed by atoms with Crippen LogP contribution in [0.3, 0.4) is 0 Å². The average Bonchev–Trinajstić information content (AvgIpc) is 3.35. The van der Waals surface area contributed by atoms with E-state index in [1.165, 1.54) is 23.6 Å². The van der Waals surface area contributed by atoms with Gasteiger partial charge < -0.3 is 14.4 Å². The minimum atomic E-state index is -0.309. The summed E-state index contributed by atoms with van der Waals surface area (Å²) in [6.45, 7) is 7.56. The second-order valence-corrected chi connectivity index (χ2v) is 13.1. The number of carbonyl (C=O) groups excluding carboxylic acids is 2. The Morgan fingerprint density at radius 1 is 1.07 bits per heavy atom. The maximum Gasteiger partial charge on any atom is 0.308 e. The first-order valence-corrected chi connectivity index (χ1v) is 15.9. The van der Waals surface area contributed by atoms with Gasteiger partial charge in [0.1, 0.15) is 17.6 Å². The zero-order valence-corrected chi connectivity index (χ0v) is 26.1. The quantitative estimate of drug-likeness (QED) is 0.227. The standard InChI is InChI=1S/C38H40N2O4/c1-24-10-11-28(22-25(24)2)12-17-35(42)39(4)31-14-13-30-32-23-29-33(43-26(3)41)15-16-34-36(29)38(30,37(31)44-34)19-21-40(32)20-18-27-8-6-5-7-9-27/h5-11,15-16,22,30-32,37H,13-14,18-21,23H2,1-4H3/t30-,31-,32+,37-,38-/m0/s1. The van der Waals surface area contributed by atoms with Gasteiger partial charge in [0.2, 0.25) is 0 Å². The van der Waals surface area contributed by atoms with Crippen LogP contribution in [0.2, 0.25) is 0 Å². The highest BCUT2D eigenvalue weighted by Gasteiger charge is 2.66. The maximum atomic E-state index is 13.5. The molecule has 1 amide bonds. The predicted octanol–water partition coefficient (Wildman–Crippen LogP) is 5.39. The van der Waals surface area contributed by atoms with Crippen molar-refractivity contribution >= 4 is 11.9 Å². The number of amides is 1. The number of nitrogens with zero attached hydrogens (tertiary/aromatic N) is 2. The minimum Gasteiger partial charge on any atom is -0.487 e. The van der Waals surface area contributed by atoms with E-state index in [1.807, 2.05) is 42.3 Å². The van der Waals surface area contributed by atoms with Gasteiger partial charge in [-0.25, -0.2) is 0 Å². The Morgan fingerprint density at radius 2 is 1.89 bits per heavy atom. The fraction of sp³-hybridized carbons (Fsp3) is 0.421. The first-order chi connectivity index (χ1) is 21.3. The number of hydrogen-bond acceptors (Lipinski definition) is 5. The van der Waals surface area contributed by atoms with Crippen molar-refractivity contribution in [3.05, 3.63) is 94.0 Å². The summed E-state index contributed by atoms with van der Waals surface area (Å²) in [7, 11) is 1.88. The van der Waals surface area contributed by atoms with Crippen molar-refractivity contribution in [1.82, 2.24) is 9.80 Å². The number of rotatable bonds is 5. The van der Waals surface area contributed by atoms with E-state index in [4.69, 9.17) is 9.47 Å². The molecule has 0 aromatic heterocycles. The zero-order chi connectivity index (χ0) is 30.6. The van der Waals surface area contributed by atoms with Gasteiger partial charge in [-0.1, -0.05) is 42.3 Å². The molecule has 1 saturated heterocycles. The lowest BCUT2D eigenvalue weighted by Crippen LogP contribution is -2.69. The lowest BCUT2D eigenvalue weighted by molar-refractivity contribution is -0.135. The van der Waals surface area contributed by atoms with Crippen LogP contribution in [0.1, 0.15) is 59.6 Å². The van der Waals surface area contributed by atoms with Crippen LogP contribution in [0.4, 0.5) is 0 Å². The molecular formula is C38H40N2O4. The predicted molar refractivity (Wildman–Crippen MR) is 170 cm³/mol. The van der Waals surface area contributed by atoms with E-state index in [2.05, 4.69) is 60.9 Å². The molecule has 6 nitrogen and oxygen atoms in total. The number of likely N-dealkylation sites (N-methyl/N-ethyl adjacent to an activating group) is 1. The molecule has 0 unspecified atom stereocenters. The van der Waals surface area contributed by atoms with Crippen molar-refractivity contribution in [2.45, 2.75) is 76.5 Å². The summed E-state index contributed by atoms with van der Waals surface area (Å²) >= 11 is 0. The van der Waals surface area contributed by atoms with Crippen molar-refractivity contribution < 1.29 is 19.1 Å². The summed E-state index contributed by atoms with van der Waals surface area (Å²) < 4.78 is 12.7. The third kappa shape index (κ3) is 4.70. The minimum absolute atomic E-state index is 0.0974. The number of benzene rings is 3. The molecule has 0 N–H and O–H groups in total. The van der Waals surface area contributed by atoms with Gasteiger partial charge in [0.15, 0.2) is 0 Å². The van der Waals surface area contributed by atoms with Gasteiger partial charge in [0.25, 0.3) is 5.91 Å². The third-order valence-electron chi connectivity index (χ3n) is 10.8. The SMILES string of the molecule is CC(=O)Oc1ccc2c3c1C[C@@H]1[C@@H]4CC[C@H](N(C)C(=O)C#Cc5ccc(C)c(C)c5)[C@H](O2)[C@]34CCN1CCc1ccccc1. The lowest BCUT2D eigenvalue weighted by atomic mass is 9.51. The summed E-state index contributed by atoms with van der Waals surface area (Å²) in [5.74, 6) is 7.47. The molecule has 44 heavy (non-hydrogen) atoms. The van der Waals surface area contributed by atoms with Crippen molar-refractivity contribution in [3.63, 3.8) is 0 Å². The highest BCUT2D eigenvalue weighted by molar-refractivity contribution is 5.94. The Morgan fingerprint density at radius 3 is 2.66 bits per heavy atom. The van der Waals surface area contributed by atoms with Gasteiger partial charge in [-0.2, -0.15) is 0 Å². The summed E-state index contributed by atoms with van der Waals surface area (Å²) in [6, 6.07) is 20.8. The molecule has 2 aliphatic carbocycles. The normalized spacial score (nSPS) is 26.1. The van der Waals surface area contributed by atoms with E-state index < -0.39 is 0 Å². The monoisotopic (exact) mass is 588 g/mol. The van der Waals surface area contributed by atoms with Crippen LogP contribution in [-0.4, -0.2) is 60.0 Å². The molecule has 3 aromatic carbocycles. The van der Waals surface area contributed by atoms with Gasteiger partial charge in [-0.15, -0.1) is 0 Å². The topological polar surface area (TPSA) is 59.1 Å². The summed E-state index contributed by atoms with van der Waals surface area (Å²) in [5.41, 5.74) is 6.67. The molecule has 3 aromatic rings. The smallest absolute Gasteiger partial charge is 0.308 e. The third-order valence-corrected chi connectivity index (χ3v) is 10.8. The molecule has 0 radical (unpaired) electrons. The highest BCUT2D eigenvalue weighted by Crippen LogP contribution is 2.63. The Labute approximate surface area is 260 Å². The van der Waals surface area contributed by atoms with Gasteiger partial charge in [-0.05, 0) is 99.4 Å². The van der Waals surface area contributed by atoms with Crippen molar-refractivity contribution in [2.24, 2.45) is 5.92 Å². The number of ether oxygens (including phenoxy) is 2. The zero-order valence-electron chi connectivity index (χ0n) is 26.1. The molecule has 2 bridgehead atoms. The van der Waals surface area contributed by atoms with Crippen molar-refractivity contribution in [3.8, 4) is 23.3 Å². The van der Waals surface area contributed by atoms with E-state index >= 15 is 0 Å². The van der Waals surface area contributed by atoms with Crippen LogP contribution in [0.15, 0.2) is 60.7 Å². The largest absolute Gasteiger partial charge is 0.487 e. The Kier molecular flexibility index (Phi) is 7.25. The molecule has 1 saturated carbocycles. The summed E-state index contributed by atoms with van der Waals surface area (Å²) in [5, 5.41) is 0. The van der Waals surface area contributed by atoms with E-state index in [9.17, 15) is 9.59 Å². The lowest BCUT2D eigenvalue weighted by Gasteiger charge is -2.60. The summed E-state index contributed by atoms with van der Waals surface area (Å²) in [6.07, 6.45) is 4.50. The second-order valence-electron chi connectivity index (χ2n) is 13.1. The molecule has 226 valence electrons. The second kappa shape index (κ2) is 11.1. The molecule has 2 heterocycles. The van der Waals surface area contributed by atoms with Crippen molar-refractivity contribution in [2.75, 3.05) is 20.1 Å². The summed E-state index contributed by atoms with van der Waals surface area (Å²) in [4.78, 5) is 30.2. The van der Waals surface area contributed by atoms with E-state index in [1.54, 1.807) is 0 Å². The van der Waals surface area contributed by atoms with Crippen molar-refractivity contribution in [1.29, 1.82) is 0 Å². The highest BCUT2D eigenvalue weighted by atomic mass is 16.5. The number of piperidine rings is 1. The van der Waals surface area contributed by atoms with Crippen LogP contribution < -0.4 is 9.47 Å². The maximum absolute atomic E-state index is 13.5.